The van der Waals surface area contributed by atoms with Crippen molar-refractivity contribution in [1.29, 1.82) is 0 Å². The first-order chi connectivity index (χ1) is 13.8. The van der Waals surface area contributed by atoms with Crippen molar-refractivity contribution in [3.05, 3.63) is 70.8 Å². The standard InChI is InChI=1S/C23H29N3O3.ClH/c1-15-4-8-19(9-5-15)21(24)22(27)25-12-18-6-10-20(11-7-18)23(28)26-13-16(2)29-17(3)14-26;/h4-11,16-17,21H,12-14,24H2,1-3H3,(H,25,27);1H. The van der Waals surface area contributed by atoms with Crippen molar-refractivity contribution in [1.82, 2.24) is 10.2 Å². The number of morpholine rings is 1. The van der Waals surface area contributed by atoms with Crippen molar-refractivity contribution in [3.63, 3.8) is 0 Å². The van der Waals surface area contributed by atoms with E-state index in [2.05, 4.69) is 5.32 Å². The molecule has 6 nitrogen and oxygen atoms in total. The number of nitrogens with one attached hydrogen (secondary N) is 1. The third kappa shape index (κ3) is 6.05. The maximum Gasteiger partial charge on any atom is 0.254 e. The van der Waals surface area contributed by atoms with Crippen LogP contribution in [0.1, 0.15) is 46.9 Å². The summed E-state index contributed by atoms with van der Waals surface area (Å²) in [6, 6.07) is 14.2. The molecule has 1 aliphatic heterocycles. The zero-order valence-corrected chi connectivity index (χ0v) is 18.4. The lowest BCUT2D eigenvalue weighted by molar-refractivity contribution is -0.122. The molecule has 7 heteroatoms. The Labute approximate surface area is 184 Å². The van der Waals surface area contributed by atoms with Crippen molar-refractivity contribution in [2.45, 2.75) is 45.6 Å². The Kier molecular flexibility index (Phi) is 8.41. The number of nitrogens with zero attached hydrogens (tertiary/aromatic N) is 1. The summed E-state index contributed by atoms with van der Waals surface area (Å²) in [5.74, 6) is -0.228. The number of amides is 2. The Morgan fingerprint density at radius 3 is 2.20 bits per heavy atom. The summed E-state index contributed by atoms with van der Waals surface area (Å²) in [6.45, 7) is 7.49. The molecule has 162 valence electrons. The van der Waals surface area contributed by atoms with E-state index in [1.54, 1.807) is 12.1 Å². The lowest BCUT2D eigenvalue weighted by Crippen LogP contribution is -2.48. The van der Waals surface area contributed by atoms with Gasteiger partial charge >= 0.3 is 0 Å². The number of carbonyl (C=O) groups is 2. The SMILES string of the molecule is Cc1ccc(C(N)C(=O)NCc2ccc(C(=O)N3CC(C)OC(C)C3)cc2)cc1.Cl. The Balaban J connectivity index is 0.00000320. The van der Waals surface area contributed by atoms with Crippen LogP contribution in [-0.2, 0) is 16.1 Å². The van der Waals surface area contributed by atoms with Crippen LogP contribution in [-0.4, -0.2) is 42.0 Å². The third-order valence-electron chi connectivity index (χ3n) is 5.09. The summed E-state index contributed by atoms with van der Waals surface area (Å²) in [6.07, 6.45) is 0.0739. The van der Waals surface area contributed by atoms with Crippen molar-refractivity contribution < 1.29 is 14.3 Å². The summed E-state index contributed by atoms with van der Waals surface area (Å²) in [4.78, 5) is 26.9. The lowest BCUT2D eigenvalue weighted by atomic mass is 10.1. The van der Waals surface area contributed by atoms with E-state index in [0.29, 0.717) is 25.2 Å². The van der Waals surface area contributed by atoms with Gasteiger partial charge in [0.2, 0.25) is 5.91 Å². The second-order valence-electron chi connectivity index (χ2n) is 7.77. The largest absolute Gasteiger partial charge is 0.372 e. The highest BCUT2D eigenvalue weighted by atomic mass is 35.5. The molecule has 30 heavy (non-hydrogen) atoms. The molecule has 1 fully saturated rings. The summed E-state index contributed by atoms with van der Waals surface area (Å²) in [5, 5.41) is 2.86. The summed E-state index contributed by atoms with van der Waals surface area (Å²) in [5.41, 5.74) is 9.50. The molecule has 1 aliphatic rings. The Bertz CT molecular complexity index is 845. The van der Waals surface area contributed by atoms with Crippen molar-refractivity contribution in [2.75, 3.05) is 13.1 Å². The summed E-state index contributed by atoms with van der Waals surface area (Å²) in [7, 11) is 0. The molecule has 1 saturated heterocycles. The molecule has 0 aliphatic carbocycles. The quantitative estimate of drug-likeness (QED) is 0.762. The first kappa shape index (κ1) is 23.9. The lowest BCUT2D eigenvalue weighted by Gasteiger charge is -2.35. The molecule has 2 aromatic carbocycles. The fourth-order valence-corrected chi connectivity index (χ4v) is 3.52. The summed E-state index contributed by atoms with van der Waals surface area (Å²) < 4.78 is 5.69. The van der Waals surface area contributed by atoms with E-state index in [-0.39, 0.29) is 36.4 Å². The van der Waals surface area contributed by atoms with Gasteiger partial charge in [0.15, 0.2) is 0 Å². The topological polar surface area (TPSA) is 84.7 Å². The number of halogens is 1. The van der Waals surface area contributed by atoms with Gasteiger partial charge in [-0.15, -0.1) is 12.4 Å². The number of rotatable bonds is 5. The molecule has 0 bridgehead atoms. The van der Waals surface area contributed by atoms with Gasteiger partial charge < -0.3 is 20.7 Å². The molecule has 3 N–H and O–H groups in total. The Morgan fingerprint density at radius 2 is 1.63 bits per heavy atom. The monoisotopic (exact) mass is 431 g/mol. The fourth-order valence-electron chi connectivity index (χ4n) is 3.52. The van der Waals surface area contributed by atoms with Crippen molar-refractivity contribution >= 4 is 24.2 Å². The van der Waals surface area contributed by atoms with Gasteiger partial charge in [0.05, 0.1) is 12.2 Å². The van der Waals surface area contributed by atoms with Crippen LogP contribution in [0.2, 0.25) is 0 Å². The molecular formula is C23H30ClN3O3. The molecule has 2 amide bonds. The second-order valence-corrected chi connectivity index (χ2v) is 7.77. The number of aryl methyl sites for hydroxylation is 1. The predicted molar refractivity (Wildman–Crippen MR) is 120 cm³/mol. The van der Waals surface area contributed by atoms with E-state index in [1.165, 1.54) is 0 Å². The van der Waals surface area contributed by atoms with Gasteiger partial charge in [0.25, 0.3) is 5.91 Å². The Hall–Kier alpha value is -2.41. The normalized spacial score (nSPS) is 19.5. The highest BCUT2D eigenvalue weighted by Crippen LogP contribution is 2.16. The third-order valence-corrected chi connectivity index (χ3v) is 5.09. The van der Waals surface area contributed by atoms with Crippen LogP contribution < -0.4 is 11.1 Å². The van der Waals surface area contributed by atoms with Gasteiger partial charge in [0, 0.05) is 25.2 Å². The second kappa shape index (κ2) is 10.6. The first-order valence-electron chi connectivity index (χ1n) is 9.97. The fraction of sp³-hybridized carbons (Fsp3) is 0.391. The molecule has 1 heterocycles. The van der Waals surface area contributed by atoms with Gasteiger partial charge in [-0.2, -0.15) is 0 Å². The molecule has 3 rings (SSSR count). The van der Waals surface area contributed by atoms with Crippen LogP contribution in [0, 0.1) is 6.92 Å². The summed E-state index contributed by atoms with van der Waals surface area (Å²) >= 11 is 0. The molecule has 3 unspecified atom stereocenters. The van der Waals surface area contributed by atoms with E-state index in [1.807, 2.05) is 62.1 Å². The molecular weight excluding hydrogens is 402 g/mol. The number of nitrogens with two attached hydrogens (primary N) is 1. The van der Waals surface area contributed by atoms with E-state index in [0.717, 1.165) is 16.7 Å². The van der Waals surface area contributed by atoms with E-state index in [9.17, 15) is 9.59 Å². The molecule has 0 spiro atoms. The minimum atomic E-state index is -0.707. The average molecular weight is 432 g/mol. The van der Waals surface area contributed by atoms with E-state index < -0.39 is 6.04 Å². The van der Waals surface area contributed by atoms with Gasteiger partial charge in [-0.25, -0.2) is 0 Å². The number of benzene rings is 2. The highest BCUT2D eigenvalue weighted by Gasteiger charge is 2.26. The Morgan fingerprint density at radius 1 is 1.07 bits per heavy atom. The van der Waals surface area contributed by atoms with Crippen LogP contribution in [0.15, 0.2) is 48.5 Å². The number of carbonyl (C=O) groups excluding carboxylic acids is 2. The number of hydrogen-bond acceptors (Lipinski definition) is 4. The van der Waals surface area contributed by atoms with Crippen LogP contribution >= 0.6 is 12.4 Å². The number of hydrogen-bond donors (Lipinski definition) is 2. The van der Waals surface area contributed by atoms with Gasteiger partial charge in [-0.3, -0.25) is 9.59 Å². The zero-order chi connectivity index (χ0) is 21.0. The molecule has 2 aromatic rings. The van der Waals surface area contributed by atoms with Crippen LogP contribution in [0.4, 0.5) is 0 Å². The molecule has 3 atom stereocenters. The van der Waals surface area contributed by atoms with Crippen LogP contribution in [0.25, 0.3) is 0 Å². The van der Waals surface area contributed by atoms with Crippen molar-refractivity contribution in [2.24, 2.45) is 5.73 Å². The van der Waals surface area contributed by atoms with Crippen LogP contribution in [0.5, 0.6) is 0 Å². The minimum Gasteiger partial charge on any atom is -0.372 e. The van der Waals surface area contributed by atoms with Gasteiger partial charge in [0.1, 0.15) is 6.04 Å². The smallest absolute Gasteiger partial charge is 0.254 e. The maximum atomic E-state index is 12.7. The van der Waals surface area contributed by atoms with Crippen molar-refractivity contribution in [3.8, 4) is 0 Å². The minimum absolute atomic E-state index is 0. The highest BCUT2D eigenvalue weighted by molar-refractivity contribution is 5.94. The van der Waals surface area contributed by atoms with Gasteiger partial charge in [-0.1, -0.05) is 42.0 Å². The number of ether oxygens (including phenoxy) is 1. The van der Waals surface area contributed by atoms with E-state index in [4.69, 9.17) is 10.5 Å². The molecule has 0 saturated carbocycles. The molecule has 0 aromatic heterocycles. The first-order valence-corrected chi connectivity index (χ1v) is 9.97. The van der Waals surface area contributed by atoms with E-state index >= 15 is 0 Å². The van der Waals surface area contributed by atoms with Gasteiger partial charge in [-0.05, 0) is 44.0 Å². The predicted octanol–water partition coefficient (Wildman–Crippen LogP) is 2.98. The average Bonchev–Trinajstić information content (AvgIpc) is 2.71. The zero-order valence-electron chi connectivity index (χ0n) is 17.6. The van der Waals surface area contributed by atoms with Crippen LogP contribution in [0.3, 0.4) is 0 Å². The maximum absolute atomic E-state index is 12.7. The molecule has 0 radical (unpaired) electrons.